The summed E-state index contributed by atoms with van der Waals surface area (Å²) >= 11 is 11.8. The van der Waals surface area contributed by atoms with Crippen LogP contribution in [0.3, 0.4) is 0 Å². The van der Waals surface area contributed by atoms with Gasteiger partial charge < -0.3 is 10.6 Å². The summed E-state index contributed by atoms with van der Waals surface area (Å²) in [6.07, 6.45) is 2.95. The van der Waals surface area contributed by atoms with E-state index in [1.807, 2.05) is 0 Å². The van der Waals surface area contributed by atoms with Gasteiger partial charge >= 0.3 is 0 Å². The molecule has 2 aromatic rings. The lowest BCUT2D eigenvalue weighted by molar-refractivity contribution is 0.102. The van der Waals surface area contributed by atoms with Crippen molar-refractivity contribution in [2.24, 2.45) is 5.92 Å². The maximum absolute atomic E-state index is 12.1. The highest BCUT2D eigenvalue weighted by atomic mass is 35.5. The Morgan fingerprint density at radius 2 is 2.00 bits per heavy atom. The van der Waals surface area contributed by atoms with Crippen LogP contribution in [0.4, 0.5) is 11.5 Å². The van der Waals surface area contributed by atoms with Crippen LogP contribution in [0.25, 0.3) is 0 Å². The van der Waals surface area contributed by atoms with E-state index in [9.17, 15) is 4.79 Å². The molecule has 22 heavy (non-hydrogen) atoms. The Bertz CT molecular complexity index is 659. The Morgan fingerprint density at radius 1 is 1.23 bits per heavy atom. The molecule has 5 nitrogen and oxygen atoms in total. The van der Waals surface area contributed by atoms with Crippen LogP contribution in [0, 0.1) is 5.92 Å². The van der Waals surface area contributed by atoms with Crippen molar-refractivity contribution < 1.29 is 4.79 Å². The molecular formula is C15H16Cl2N4O. The van der Waals surface area contributed by atoms with Crippen molar-refractivity contribution in [3.8, 4) is 0 Å². The summed E-state index contributed by atoms with van der Waals surface area (Å²) in [5.74, 6) is 0.749. The second-order valence-corrected chi connectivity index (χ2v) is 5.98. The van der Waals surface area contributed by atoms with Crippen molar-refractivity contribution in [2.75, 3.05) is 17.2 Å². The van der Waals surface area contributed by atoms with E-state index in [-0.39, 0.29) is 11.6 Å². The number of halogens is 2. The van der Waals surface area contributed by atoms with E-state index >= 15 is 0 Å². The highest BCUT2D eigenvalue weighted by Crippen LogP contribution is 2.25. The molecule has 2 rings (SSSR count). The number of carbonyl (C=O) groups is 1. The third-order valence-corrected chi connectivity index (χ3v) is 3.30. The first-order valence-electron chi connectivity index (χ1n) is 6.78. The number of benzene rings is 1. The van der Waals surface area contributed by atoms with Crippen LogP contribution < -0.4 is 10.6 Å². The van der Waals surface area contributed by atoms with Gasteiger partial charge in [0.2, 0.25) is 0 Å². The van der Waals surface area contributed by atoms with Crippen molar-refractivity contribution in [3.63, 3.8) is 0 Å². The number of aromatic nitrogens is 2. The fraction of sp³-hybridized carbons (Fsp3) is 0.267. The summed E-state index contributed by atoms with van der Waals surface area (Å²) in [6, 6.07) is 4.84. The first-order chi connectivity index (χ1) is 10.5. The van der Waals surface area contributed by atoms with E-state index in [1.165, 1.54) is 12.4 Å². The number of amides is 1. The topological polar surface area (TPSA) is 66.9 Å². The molecule has 0 aliphatic heterocycles. The number of anilines is 2. The van der Waals surface area contributed by atoms with Crippen LogP contribution in [-0.4, -0.2) is 22.4 Å². The predicted octanol–water partition coefficient (Wildman–Crippen LogP) is 4.10. The molecule has 1 aromatic heterocycles. The first-order valence-corrected chi connectivity index (χ1v) is 7.53. The van der Waals surface area contributed by atoms with Crippen molar-refractivity contribution in [1.82, 2.24) is 9.97 Å². The van der Waals surface area contributed by atoms with Crippen LogP contribution in [0.5, 0.6) is 0 Å². The van der Waals surface area contributed by atoms with Crippen molar-refractivity contribution in [1.29, 1.82) is 0 Å². The molecule has 0 radical (unpaired) electrons. The van der Waals surface area contributed by atoms with Crippen LogP contribution >= 0.6 is 23.2 Å². The maximum Gasteiger partial charge on any atom is 0.275 e. The van der Waals surface area contributed by atoms with Gasteiger partial charge in [0, 0.05) is 11.6 Å². The molecule has 0 bridgehead atoms. The molecule has 7 heteroatoms. The van der Waals surface area contributed by atoms with Gasteiger partial charge in [-0.3, -0.25) is 4.79 Å². The van der Waals surface area contributed by atoms with Crippen LogP contribution in [-0.2, 0) is 0 Å². The largest absolute Gasteiger partial charge is 0.369 e. The second-order valence-electron chi connectivity index (χ2n) is 5.14. The van der Waals surface area contributed by atoms with Gasteiger partial charge in [-0.25, -0.2) is 9.97 Å². The summed E-state index contributed by atoms with van der Waals surface area (Å²) < 4.78 is 0. The van der Waals surface area contributed by atoms with Crippen LogP contribution in [0.2, 0.25) is 10.0 Å². The summed E-state index contributed by atoms with van der Waals surface area (Å²) in [5, 5.41) is 6.67. The number of rotatable bonds is 5. The van der Waals surface area contributed by atoms with Crippen LogP contribution in [0.1, 0.15) is 24.3 Å². The van der Waals surface area contributed by atoms with Gasteiger partial charge in [0.1, 0.15) is 11.5 Å². The van der Waals surface area contributed by atoms with E-state index in [0.29, 0.717) is 27.5 Å². The average Bonchev–Trinajstić information content (AvgIpc) is 2.48. The Balaban J connectivity index is 2.03. The van der Waals surface area contributed by atoms with Gasteiger partial charge in [0.05, 0.1) is 23.1 Å². The summed E-state index contributed by atoms with van der Waals surface area (Å²) in [5.41, 5.74) is 0.681. The zero-order chi connectivity index (χ0) is 16.1. The van der Waals surface area contributed by atoms with Gasteiger partial charge in [-0.1, -0.05) is 37.0 Å². The standard InChI is InChI=1S/C15H16Cl2N4O/c1-9(2)6-19-14-8-18-13(7-20-14)15(22)21-12-4-3-10(16)5-11(12)17/h3-5,7-9H,6H2,1-2H3,(H,19,20)(H,21,22). The summed E-state index contributed by atoms with van der Waals surface area (Å²) in [7, 11) is 0. The SMILES string of the molecule is CC(C)CNc1cnc(C(=O)Nc2ccc(Cl)cc2Cl)cn1. The van der Waals surface area contributed by atoms with E-state index < -0.39 is 0 Å². The van der Waals surface area contributed by atoms with Gasteiger partial charge in [0.15, 0.2) is 0 Å². The Morgan fingerprint density at radius 3 is 2.59 bits per heavy atom. The van der Waals surface area contributed by atoms with Gasteiger partial charge in [0.25, 0.3) is 5.91 Å². The summed E-state index contributed by atoms with van der Waals surface area (Å²) in [6.45, 7) is 4.98. The number of nitrogens with zero attached hydrogens (tertiary/aromatic N) is 2. The number of hydrogen-bond acceptors (Lipinski definition) is 4. The fourth-order valence-corrected chi connectivity index (χ4v) is 2.08. The lowest BCUT2D eigenvalue weighted by atomic mass is 10.2. The maximum atomic E-state index is 12.1. The minimum absolute atomic E-state index is 0.209. The highest BCUT2D eigenvalue weighted by Gasteiger charge is 2.11. The molecule has 0 fully saturated rings. The average molecular weight is 339 g/mol. The van der Waals surface area contributed by atoms with Crippen molar-refractivity contribution in [2.45, 2.75) is 13.8 Å². The quantitative estimate of drug-likeness (QED) is 0.860. The number of nitrogens with one attached hydrogen (secondary N) is 2. The normalized spacial score (nSPS) is 10.6. The fourth-order valence-electron chi connectivity index (χ4n) is 1.62. The molecule has 0 atom stereocenters. The highest BCUT2D eigenvalue weighted by molar-refractivity contribution is 6.36. The lowest BCUT2D eigenvalue weighted by Crippen LogP contribution is -2.15. The minimum Gasteiger partial charge on any atom is -0.369 e. The van der Waals surface area contributed by atoms with Gasteiger partial charge in [-0.15, -0.1) is 0 Å². The molecule has 2 N–H and O–H groups in total. The molecular weight excluding hydrogens is 323 g/mol. The molecule has 1 heterocycles. The van der Waals surface area contributed by atoms with Crippen LogP contribution in [0.15, 0.2) is 30.6 Å². The zero-order valence-electron chi connectivity index (χ0n) is 12.2. The second kappa shape index (κ2) is 7.42. The van der Waals surface area contributed by atoms with Crippen molar-refractivity contribution >= 4 is 40.6 Å². The predicted molar refractivity (Wildman–Crippen MR) is 89.8 cm³/mol. The lowest BCUT2D eigenvalue weighted by Gasteiger charge is -2.09. The Labute approximate surface area is 139 Å². The molecule has 1 amide bonds. The van der Waals surface area contributed by atoms with Gasteiger partial charge in [-0.05, 0) is 24.1 Å². The van der Waals surface area contributed by atoms with E-state index in [4.69, 9.17) is 23.2 Å². The molecule has 0 aliphatic rings. The number of carbonyl (C=O) groups excluding carboxylic acids is 1. The zero-order valence-corrected chi connectivity index (χ0v) is 13.7. The molecule has 0 spiro atoms. The number of hydrogen-bond donors (Lipinski definition) is 2. The third kappa shape index (κ3) is 4.58. The Kier molecular flexibility index (Phi) is 5.57. The van der Waals surface area contributed by atoms with Crippen molar-refractivity contribution in [3.05, 3.63) is 46.3 Å². The molecule has 0 saturated heterocycles. The van der Waals surface area contributed by atoms with E-state index in [1.54, 1.807) is 18.2 Å². The van der Waals surface area contributed by atoms with E-state index in [0.717, 1.165) is 6.54 Å². The molecule has 0 aliphatic carbocycles. The monoisotopic (exact) mass is 338 g/mol. The van der Waals surface area contributed by atoms with E-state index in [2.05, 4.69) is 34.4 Å². The summed E-state index contributed by atoms with van der Waals surface area (Å²) in [4.78, 5) is 20.4. The Hall–Kier alpha value is -1.85. The molecule has 0 saturated carbocycles. The smallest absolute Gasteiger partial charge is 0.275 e. The molecule has 1 aromatic carbocycles. The minimum atomic E-state index is -0.382. The molecule has 0 unspecified atom stereocenters. The first kappa shape index (κ1) is 16.5. The molecule has 116 valence electrons. The third-order valence-electron chi connectivity index (χ3n) is 2.76. The van der Waals surface area contributed by atoms with Gasteiger partial charge in [-0.2, -0.15) is 0 Å².